The van der Waals surface area contributed by atoms with Crippen molar-refractivity contribution in [3.8, 4) is 16.9 Å². The van der Waals surface area contributed by atoms with Crippen LogP contribution >= 0.6 is 22.9 Å². The van der Waals surface area contributed by atoms with Crippen LogP contribution in [0.4, 0.5) is 0 Å². The van der Waals surface area contributed by atoms with Gasteiger partial charge in [-0.15, -0.1) is 11.3 Å². The number of thiazole rings is 1. The second kappa shape index (κ2) is 8.69. The van der Waals surface area contributed by atoms with Gasteiger partial charge in [0, 0.05) is 22.8 Å². The van der Waals surface area contributed by atoms with Crippen LogP contribution in [0.1, 0.15) is 17.0 Å². The summed E-state index contributed by atoms with van der Waals surface area (Å²) in [5.41, 5.74) is 3.47. The van der Waals surface area contributed by atoms with Crippen LogP contribution in [0, 0.1) is 6.92 Å². The van der Waals surface area contributed by atoms with E-state index >= 15 is 0 Å². The van der Waals surface area contributed by atoms with Gasteiger partial charge in [-0.25, -0.2) is 4.79 Å². The molecule has 5 rings (SSSR count). The van der Waals surface area contributed by atoms with Crippen molar-refractivity contribution in [2.45, 2.75) is 6.92 Å². The van der Waals surface area contributed by atoms with Gasteiger partial charge < -0.3 is 8.94 Å². The average Bonchev–Trinajstić information content (AvgIpc) is 3.40. The van der Waals surface area contributed by atoms with Crippen LogP contribution in [0.3, 0.4) is 0 Å². The predicted octanol–water partition coefficient (Wildman–Crippen LogP) is 5.96. The first kappa shape index (κ1) is 21.2. The fourth-order valence-corrected chi connectivity index (χ4v) is 4.67. The third-order valence-electron chi connectivity index (χ3n) is 5.18. The molecule has 0 atom stereocenters. The van der Waals surface area contributed by atoms with Gasteiger partial charge in [0.05, 0.1) is 11.3 Å². The molecule has 0 N–H and O–H groups in total. The summed E-state index contributed by atoms with van der Waals surface area (Å²) < 4.78 is 13.1. The summed E-state index contributed by atoms with van der Waals surface area (Å²) in [6, 6.07) is 16.8. The first-order chi connectivity index (χ1) is 16.0. The highest BCUT2D eigenvalue weighted by molar-refractivity contribution is 7.07. The average molecular weight is 476 g/mol. The maximum absolute atomic E-state index is 12.9. The zero-order chi connectivity index (χ0) is 22.9. The lowest BCUT2D eigenvalue weighted by atomic mass is 10.1. The molecule has 0 aliphatic carbocycles. The van der Waals surface area contributed by atoms with Gasteiger partial charge in [0.25, 0.3) is 0 Å². The van der Waals surface area contributed by atoms with Crippen LogP contribution in [0.15, 0.2) is 78.7 Å². The highest BCUT2D eigenvalue weighted by Crippen LogP contribution is 2.29. The minimum Gasteiger partial charge on any atom is -0.422 e. The molecular weight excluding hydrogens is 458 g/mol. The lowest BCUT2D eigenvalue weighted by Gasteiger charge is -2.09. The number of rotatable bonds is 4. The van der Waals surface area contributed by atoms with Crippen LogP contribution < -0.4 is 10.4 Å². The third kappa shape index (κ3) is 3.97. The van der Waals surface area contributed by atoms with Crippen molar-refractivity contribution >= 4 is 46.1 Å². The van der Waals surface area contributed by atoms with E-state index in [1.165, 1.54) is 11.3 Å². The van der Waals surface area contributed by atoms with Crippen molar-refractivity contribution in [3.05, 3.63) is 97.2 Å². The largest absolute Gasteiger partial charge is 0.422 e. The normalized spacial score (nSPS) is 12.3. The summed E-state index contributed by atoms with van der Waals surface area (Å²) in [4.78, 5) is 18.0. The standard InChI is InChI=1S/C25H18ClN3O3S/c1-15-23(22(32-28-15)10-8-16-6-4-3-5-7-16)29-20(14-33-25(29)27-2)19-13-17-12-18(26)9-11-21(17)31-24(19)30/h3-14H,1-2H3/b10-8+,27-25?. The molecule has 0 saturated carbocycles. The molecule has 0 amide bonds. The summed E-state index contributed by atoms with van der Waals surface area (Å²) in [7, 11) is 1.71. The molecule has 6 nitrogen and oxygen atoms in total. The molecule has 3 heterocycles. The second-order valence-electron chi connectivity index (χ2n) is 7.32. The van der Waals surface area contributed by atoms with Crippen LogP contribution in [-0.2, 0) is 0 Å². The monoisotopic (exact) mass is 475 g/mol. The Balaban J connectivity index is 1.72. The molecule has 164 valence electrons. The van der Waals surface area contributed by atoms with Crippen LogP contribution in [-0.4, -0.2) is 16.8 Å². The lowest BCUT2D eigenvalue weighted by molar-refractivity contribution is 0.408. The number of halogens is 1. The molecule has 33 heavy (non-hydrogen) atoms. The van der Waals surface area contributed by atoms with Crippen molar-refractivity contribution in [2.24, 2.45) is 4.99 Å². The van der Waals surface area contributed by atoms with Gasteiger partial charge in [-0.1, -0.05) is 53.2 Å². The number of aromatic nitrogens is 2. The van der Waals surface area contributed by atoms with E-state index in [1.807, 2.05) is 59.4 Å². The van der Waals surface area contributed by atoms with Crippen molar-refractivity contribution in [3.63, 3.8) is 0 Å². The van der Waals surface area contributed by atoms with Gasteiger partial charge in [-0.05, 0) is 42.8 Å². The number of benzene rings is 2. The Morgan fingerprint density at radius 1 is 1.12 bits per heavy atom. The molecule has 0 bridgehead atoms. The first-order valence-electron chi connectivity index (χ1n) is 10.1. The zero-order valence-electron chi connectivity index (χ0n) is 17.8. The summed E-state index contributed by atoms with van der Waals surface area (Å²) in [6.07, 6.45) is 3.81. The molecular formula is C25H18ClN3O3S. The molecule has 0 aliphatic heterocycles. The Kier molecular flexibility index (Phi) is 5.58. The summed E-state index contributed by atoms with van der Waals surface area (Å²) in [5, 5.41) is 7.35. The van der Waals surface area contributed by atoms with Gasteiger partial charge in [0.2, 0.25) is 0 Å². The first-order valence-corrected chi connectivity index (χ1v) is 11.4. The van der Waals surface area contributed by atoms with E-state index in [0.717, 1.165) is 10.9 Å². The third-order valence-corrected chi connectivity index (χ3v) is 6.33. The van der Waals surface area contributed by atoms with Gasteiger partial charge >= 0.3 is 5.63 Å². The maximum atomic E-state index is 12.9. The number of hydrogen-bond donors (Lipinski definition) is 0. The van der Waals surface area contributed by atoms with E-state index in [0.29, 0.717) is 43.8 Å². The van der Waals surface area contributed by atoms with Gasteiger partial charge in [0.1, 0.15) is 17.0 Å². The fraction of sp³-hybridized carbons (Fsp3) is 0.0800. The molecule has 3 aromatic heterocycles. The van der Waals surface area contributed by atoms with E-state index in [9.17, 15) is 4.79 Å². The number of hydrogen-bond acceptors (Lipinski definition) is 6. The highest BCUT2D eigenvalue weighted by Gasteiger charge is 2.21. The Labute approximate surface area is 197 Å². The van der Waals surface area contributed by atoms with Crippen LogP contribution in [0.2, 0.25) is 5.02 Å². The van der Waals surface area contributed by atoms with E-state index in [1.54, 1.807) is 31.3 Å². The maximum Gasteiger partial charge on any atom is 0.345 e. The lowest BCUT2D eigenvalue weighted by Crippen LogP contribution is -2.17. The second-order valence-corrected chi connectivity index (χ2v) is 8.59. The molecule has 0 fully saturated rings. The fourth-order valence-electron chi connectivity index (χ4n) is 3.64. The quantitative estimate of drug-likeness (QED) is 0.300. The molecule has 0 radical (unpaired) electrons. The van der Waals surface area contributed by atoms with Crippen molar-refractivity contribution in [1.29, 1.82) is 0 Å². The van der Waals surface area contributed by atoms with Crippen molar-refractivity contribution in [1.82, 2.24) is 9.72 Å². The molecule has 0 spiro atoms. The molecule has 0 aliphatic rings. The van der Waals surface area contributed by atoms with Crippen LogP contribution in [0.25, 0.3) is 40.1 Å². The van der Waals surface area contributed by atoms with Crippen molar-refractivity contribution < 1.29 is 8.94 Å². The summed E-state index contributed by atoms with van der Waals surface area (Å²) >= 11 is 7.57. The Bertz CT molecular complexity index is 1620. The predicted molar refractivity (Wildman–Crippen MR) is 132 cm³/mol. The molecule has 8 heteroatoms. The van der Waals surface area contributed by atoms with E-state index < -0.39 is 5.63 Å². The zero-order valence-corrected chi connectivity index (χ0v) is 19.4. The van der Waals surface area contributed by atoms with Gasteiger partial charge in [0.15, 0.2) is 10.6 Å². The van der Waals surface area contributed by atoms with E-state index in [2.05, 4.69) is 10.1 Å². The highest BCUT2D eigenvalue weighted by atomic mass is 35.5. The smallest absolute Gasteiger partial charge is 0.345 e. The Morgan fingerprint density at radius 3 is 2.73 bits per heavy atom. The van der Waals surface area contributed by atoms with Crippen molar-refractivity contribution in [2.75, 3.05) is 7.05 Å². The Hall–Kier alpha value is -3.68. The number of fused-ring (bicyclic) bond motifs is 1. The molecule has 0 unspecified atom stereocenters. The minimum atomic E-state index is -0.450. The van der Waals surface area contributed by atoms with E-state index in [4.69, 9.17) is 20.5 Å². The number of nitrogens with zero attached hydrogens (tertiary/aromatic N) is 3. The Morgan fingerprint density at radius 2 is 1.94 bits per heavy atom. The topological polar surface area (TPSA) is 73.5 Å². The van der Waals surface area contributed by atoms with Gasteiger partial charge in [-0.2, -0.15) is 0 Å². The molecule has 0 saturated heterocycles. The number of aryl methyl sites for hydroxylation is 1. The molecule has 5 aromatic rings. The van der Waals surface area contributed by atoms with Crippen LogP contribution in [0.5, 0.6) is 0 Å². The SMILES string of the molecule is CN=c1scc(-c2cc3cc(Cl)ccc3oc2=O)n1-c1c(C)noc1/C=C/c1ccccc1. The molecule has 2 aromatic carbocycles. The summed E-state index contributed by atoms with van der Waals surface area (Å²) in [5.74, 6) is 0.555. The van der Waals surface area contributed by atoms with Gasteiger partial charge in [-0.3, -0.25) is 9.56 Å². The summed E-state index contributed by atoms with van der Waals surface area (Å²) in [6.45, 7) is 1.86. The van der Waals surface area contributed by atoms with E-state index in [-0.39, 0.29) is 0 Å². The minimum absolute atomic E-state index is 0.398.